The highest BCUT2D eigenvalue weighted by atomic mass is 16.1. The zero-order valence-electron chi connectivity index (χ0n) is 10.5. The Morgan fingerprint density at radius 3 is 2.56 bits per heavy atom. The number of imidazole rings is 1. The van der Waals surface area contributed by atoms with Crippen LogP contribution in [0.1, 0.15) is 17.0 Å². The number of nitrogens with zero attached hydrogens (tertiary/aromatic N) is 2. The molecule has 0 saturated carbocycles. The number of benzene rings is 1. The van der Waals surface area contributed by atoms with E-state index < -0.39 is 0 Å². The lowest BCUT2D eigenvalue weighted by Gasteiger charge is -2.07. The summed E-state index contributed by atoms with van der Waals surface area (Å²) in [6.07, 6.45) is 5.85. The molecule has 92 valence electrons. The van der Waals surface area contributed by atoms with E-state index in [-0.39, 0.29) is 5.92 Å². The van der Waals surface area contributed by atoms with Crippen LogP contribution in [0.4, 0.5) is 0 Å². The number of rotatable bonds is 3. The average molecular weight is 240 g/mol. The zero-order chi connectivity index (χ0) is 12.5. The summed E-state index contributed by atoms with van der Waals surface area (Å²) < 4.78 is 1.92. The Labute approximate surface area is 106 Å². The number of hydrogen-bond acceptors (Lipinski definition) is 2. The second kappa shape index (κ2) is 4.41. The molecular weight excluding hydrogens is 224 g/mol. The molecule has 1 heterocycles. The van der Waals surface area contributed by atoms with E-state index in [1.54, 1.807) is 6.20 Å². The third kappa shape index (κ3) is 1.96. The van der Waals surface area contributed by atoms with Gasteiger partial charge in [-0.1, -0.05) is 24.3 Å². The van der Waals surface area contributed by atoms with Gasteiger partial charge >= 0.3 is 0 Å². The number of carbonyl (C=O) groups excluding carboxylic acids is 1. The first kappa shape index (κ1) is 11.2. The molecule has 0 unspecified atom stereocenters. The first-order valence-electron chi connectivity index (χ1n) is 6.30. The van der Waals surface area contributed by atoms with Crippen LogP contribution in [0.5, 0.6) is 0 Å². The standard InChI is InChI=1S/C15H16N2O/c1-17-7-6-16-15(17)10-14(18)13-8-11-4-2-3-5-12(11)9-13/h2-7,13H,8-10H2,1H3. The molecular formula is C15H16N2O. The predicted octanol–water partition coefficient (Wildman–Crippen LogP) is 1.95. The Bertz CT molecular complexity index is 561. The summed E-state index contributed by atoms with van der Waals surface area (Å²) in [4.78, 5) is 16.5. The fourth-order valence-electron chi connectivity index (χ4n) is 2.65. The molecule has 0 spiro atoms. The van der Waals surface area contributed by atoms with Crippen LogP contribution in [0.2, 0.25) is 0 Å². The Hall–Kier alpha value is -1.90. The van der Waals surface area contributed by atoms with E-state index in [4.69, 9.17) is 0 Å². The molecule has 2 aromatic rings. The lowest BCUT2D eigenvalue weighted by Crippen LogP contribution is -2.18. The van der Waals surface area contributed by atoms with Gasteiger partial charge in [0.05, 0.1) is 6.42 Å². The van der Waals surface area contributed by atoms with Gasteiger partial charge in [0.1, 0.15) is 11.6 Å². The van der Waals surface area contributed by atoms with Crippen LogP contribution < -0.4 is 0 Å². The quantitative estimate of drug-likeness (QED) is 0.822. The van der Waals surface area contributed by atoms with Crippen molar-refractivity contribution in [1.82, 2.24) is 9.55 Å². The van der Waals surface area contributed by atoms with Crippen LogP contribution in [-0.2, 0) is 31.1 Å². The van der Waals surface area contributed by atoms with E-state index in [0.29, 0.717) is 12.2 Å². The molecule has 0 atom stereocenters. The van der Waals surface area contributed by atoms with E-state index in [1.807, 2.05) is 29.9 Å². The highest BCUT2D eigenvalue weighted by Gasteiger charge is 2.27. The van der Waals surface area contributed by atoms with Gasteiger partial charge in [-0.15, -0.1) is 0 Å². The molecule has 3 heteroatoms. The molecule has 0 bridgehead atoms. The Morgan fingerprint density at radius 2 is 2.00 bits per heavy atom. The van der Waals surface area contributed by atoms with E-state index in [2.05, 4.69) is 17.1 Å². The Morgan fingerprint density at radius 1 is 1.33 bits per heavy atom. The largest absolute Gasteiger partial charge is 0.338 e. The van der Waals surface area contributed by atoms with Crippen LogP contribution in [0.3, 0.4) is 0 Å². The number of Topliss-reactive ketones (excluding diaryl/α,β-unsaturated/α-hetero) is 1. The lowest BCUT2D eigenvalue weighted by atomic mass is 9.98. The molecule has 3 rings (SSSR count). The number of carbonyl (C=O) groups is 1. The molecule has 0 aliphatic heterocycles. The maximum atomic E-state index is 12.3. The monoisotopic (exact) mass is 240 g/mol. The third-order valence-corrected chi connectivity index (χ3v) is 3.76. The second-order valence-corrected chi connectivity index (χ2v) is 4.97. The van der Waals surface area contributed by atoms with Crippen LogP contribution >= 0.6 is 0 Å². The molecule has 0 fully saturated rings. The van der Waals surface area contributed by atoms with Crippen LogP contribution in [0.15, 0.2) is 36.7 Å². The van der Waals surface area contributed by atoms with Gasteiger partial charge in [0.25, 0.3) is 0 Å². The van der Waals surface area contributed by atoms with Crippen molar-refractivity contribution < 1.29 is 4.79 Å². The average Bonchev–Trinajstić information content (AvgIpc) is 2.96. The van der Waals surface area contributed by atoms with E-state index >= 15 is 0 Å². The lowest BCUT2D eigenvalue weighted by molar-refractivity contribution is -0.122. The molecule has 0 N–H and O–H groups in total. The number of ketones is 1. The first-order chi connectivity index (χ1) is 8.74. The molecule has 3 nitrogen and oxygen atoms in total. The van der Waals surface area contributed by atoms with Crippen molar-refractivity contribution in [2.24, 2.45) is 13.0 Å². The van der Waals surface area contributed by atoms with Gasteiger partial charge in [-0.3, -0.25) is 4.79 Å². The first-order valence-corrected chi connectivity index (χ1v) is 6.30. The summed E-state index contributed by atoms with van der Waals surface area (Å²) in [6.45, 7) is 0. The Balaban J connectivity index is 1.71. The van der Waals surface area contributed by atoms with Crippen molar-refractivity contribution in [3.8, 4) is 0 Å². The minimum absolute atomic E-state index is 0.138. The van der Waals surface area contributed by atoms with Crippen molar-refractivity contribution in [3.63, 3.8) is 0 Å². The number of aromatic nitrogens is 2. The summed E-state index contributed by atoms with van der Waals surface area (Å²) in [5.74, 6) is 1.30. The summed E-state index contributed by atoms with van der Waals surface area (Å²) in [6, 6.07) is 8.35. The molecule has 18 heavy (non-hydrogen) atoms. The van der Waals surface area contributed by atoms with E-state index in [9.17, 15) is 4.79 Å². The molecule has 0 radical (unpaired) electrons. The fraction of sp³-hybridized carbons (Fsp3) is 0.333. The molecule has 0 amide bonds. The number of aryl methyl sites for hydroxylation is 1. The molecule has 1 aromatic heterocycles. The normalized spacial score (nSPS) is 14.7. The predicted molar refractivity (Wildman–Crippen MR) is 69.3 cm³/mol. The molecule has 1 aliphatic rings. The maximum Gasteiger partial charge on any atom is 0.144 e. The minimum atomic E-state index is 0.138. The third-order valence-electron chi connectivity index (χ3n) is 3.76. The highest BCUT2D eigenvalue weighted by Crippen LogP contribution is 2.27. The van der Waals surface area contributed by atoms with Crippen LogP contribution in [-0.4, -0.2) is 15.3 Å². The minimum Gasteiger partial charge on any atom is -0.338 e. The topological polar surface area (TPSA) is 34.9 Å². The maximum absolute atomic E-state index is 12.3. The number of hydrogen-bond donors (Lipinski definition) is 0. The summed E-state index contributed by atoms with van der Waals surface area (Å²) in [5.41, 5.74) is 2.66. The van der Waals surface area contributed by atoms with E-state index in [1.165, 1.54) is 11.1 Å². The van der Waals surface area contributed by atoms with Crippen LogP contribution in [0, 0.1) is 5.92 Å². The van der Waals surface area contributed by atoms with Gasteiger partial charge in [0.2, 0.25) is 0 Å². The smallest absolute Gasteiger partial charge is 0.144 e. The van der Waals surface area contributed by atoms with Gasteiger partial charge in [0.15, 0.2) is 0 Å². The van der Waals surface area contributed by atoms with Crippen molar-refractivity contribution in [3.05, 3.63) is 53.6 Å². The van der Waals surface area contributed by atoms with Gasteiger partial charge in [-0.05, 0) is 24.0 Å². The van der Waals surface area contributed by atoms with Crippen LogP contribution in [0.25, 0.3) is 0 Å². The summed E-state index contributed by atoms with van der Waals surface area (Å²) >= 11 is 0. The summed E-state index contributed by atoms with van der Waals surface area (Å²) in [7, 11) is 1.93. The molecule has 1 aliphatic carbocycles. The SMILES string of the molecule is Cn1ccnc1CC(=O)C1Cc2ccccc2C1. The zero-order valence-corrected chi connectivity index (χ0v) is 10.5. The van der Waals surface area contributed by atoms with Gasteiger partial charge in [-0.25, -0.2) is 4.98 Å². The van der Waals surface area contributed by atoms with Crippen molar-refractivity contribution in [2.75, 3.05) is 0 Å². The van der Waals surface area contributed by atoms with Gasteiger partial charge in [0, 0.05) is 25.4 Å². The van der Waals surface area contributed by atoms with Crippen molar-refractivity contribution in [2.45, 2.75) is 19.3 Å². The Kier molecular flexibility index (Phi) is 2.74. The number of fused-ring (bicyclic) bond motifs is 1. The fourth-order valence-corrected chi connectivity index (χ4v) is 2.65. The van der Waals surface area contributed by atoms with Crippen molar-refractivity contribution in [1.29, 1.82) is 0 Å². The van der Waals surface area contributed by atoms with E-state index in [0.717, 1.165) is 18.7 Å². The molecule has 1 aromatic carbocycles. The second-order valence-electron chi connectivity index (χ2n) is 4.97. The highest BCUT2D eigenvalue weighted by molar-refractivity contribution is 5.84. The van der Waals surface area contributed by atoms with Gasteiger partial charge < -0.3 is 4.57 Å². The van der Waals surface area contributed by atoms with Crippen molar-refractivity contribution >= 4 is 5.78 Å². The summed E-state index contributed by atoms with van der Waals surface area (Å²) in [5, 5.41) is 0. The molecule has 0 saturated heterocycles. The van der Waals surface area contributed by atoms with Gasteiger partial charge in [-0.2, -0.15) is 0 Å².